The van der Waals surface area contributed by atoms with Crippen molar-refractivity contribution in [3.63, 3.8) is 0 Å². The summed E-state index contributed by atoms with van der Waals surface area (Å²) < 4.78 is 0. The summed E-state index contributed by atoms with van der Waals surface area (Å²) in [6, 6.07) is 24.3. The number of nitrogens with zero attached hydrogens (tertiary/aromatic N) is 4. The monoisotopic (exact) mass is 872 g/mol. The summed E-state index contributed by atoms with van der Waals surface area (Å²) in [5, 5.41) is 24.7. The van der Waals surface area contributed by atoms with E-state index in [0.717, 1.165) is 56.0 Å². The number of carboxylic acids is 2. The third-order valence-corrected chi connectivity index (χ3v) is 6.77. The first kappa shape index (κ1) is 42.7. The van der Waals surface area contributed by atoms with Crippen molar-refractivity contribution in [3.05, 3.63) is 163 Å². The molecule has 0 aliphatic carbocycles. The van der Waals surface area contributed by atoms with Crippen LogP contribution in [0, 0.1) is 37.3 Å². The largest absolute Gasteiger partial charge is 0.545 e. The Morgan fingerprint density at radius 3 is 0.962 bits per heavy atom. The van der Waals surface area contributed by atoms with Crippen molar-refractivity contribution in [1.29, 1.82) is 0 Å². The van der Waals surface area contributed by atoms with Gasteiger partial charge in [0.05, 0.1) is 45.1 Å². The topological polar surface area (TPSA) is 326 Å². The predicted molar refractivity (Wildman–Crippen MR) is 185 cm³/mol. The van der Waals surface area contributed by atoms with Crippen molar-refractivity contribution in [3.8, 4) is 0 Å². The summed E-state index contributed by atoms with van der Waals surface area (Å²) >= 11 is 0. The molecule has 2 aromatic carbocycles. The van der Waals surface area contributed by atoms with Gasteiger partial charge in [-0.1, -0.05) is 48.5 Å². The minimum atomic E-state index is -1.62. The number of benzene rings is 2. The number of carbonyl (C=O) groups excluding carboxylic acids is 2. The Morgan fingerprint density at radius 1 is 0.472 bits per heavy atom. The van der Waals surface area contributed by atoms with Gasteiger partial charge in [0.1, 0.15) is 0 Å². The van der Waals surface area contributed by atoms with Crippen LogP contribution >= 0.6 is 0 Å². The Kier molecular flexibility index (Phi) is 16.0. The average molecular weight is 874 g/mol. The molecular formula is C34H26ErN8O10-2. The SMILES string of the molecule is O.O.O=C([O-])c1c[nH]c(=O)[nH]c1=O.O=C([O-])c1c[nH]c(=O)[nH]c1=O.[Er].c1cnc2c(c1)ccc1cccnc12.c1cnc2c(c1)ccc1cccnc12. The Labute approximate surface area is 324 Å². The molecule has 8 aromatic rings. The number of hydrogen-bond donors (Lipinski definition) is 4. The summed E-state index contributed by atoms with van der Waals surface area (Å²) in [5.74, 6) is -3.25. The Balaban J connectivity index is 0.000000242. The fourth-order valence-electron chi connectivity index (χ4n) is 4.48. The fraction of sp³-hybridized carbons (Fsp3) is 0. The van der Waals surface area contributed by atoms with Gasteiger partial charge in [-0.3, -0.25) is 39.5 Å². The van der Waals surface area contributed by atoms with Crippen LogP contribution in [0.2, 0.25) is 0 Å². The van der Waals surface area contributed by atoms with Crippen LogP contribution in [-0.2, 0) is 0 Å². The van der Waals surface area contributed by atoms with E-state index in [9.17, 15) is 39.0 Å². The first-order chi connectivity index (χ1) is 24.1. The molecule has 0 spiro atoms. The van der Waals surface area contributed by atoms with Crippen molar-refractivity contribution in [2.24, 2.45) is 0 Å². The van der Waals surface area contributed by atoms with Gasteiger partial charge in [-0.2, -0.15) is 0 Å². The van der Waals surface area contributed by atoms with Crippen molar-refractivity contribution >= 4 is 55.6 Å². The zero-order chi connectivity index (χ0) is 35.6. The molecule has 0 radical (unpaired) electrons. The standard InChI is InChI=1S/2C12H8N2.2C5H4N2O4.Er.2H2O/c2*1-3-9-5-6-10-4-2-8-14-12(10)11(9)13-7-1;2*8-3-2(4(9)10)1-6-5(11)7-3;;;/h2*1-8H;2*1H,(H,9,10)(H2,6,7,8,11);;2*1H2/p-2. The molecule has 0 unspecified atom stereocenters. The molecule has 19 heteroatoms. The first-order valence-corrected chi connectivity index (χ1v) is 14.4. The van der Waals surface area contributed by atoms with E-state index in [1.54, 1.807) is 34.8 Å². The molecule has 6 aromatic heterocycles. The Hall–Kier alpha value is -6.45. The van der Waals surface area contributed by atoms with Crippen LogP contribution < -0.4 is 32.7 Å². The van der Waals surface area contributed by atoms with Gasteiger partial charge in [-0.05, 0) is 24.3 Å². The van der Waals surface area contributed by atoms with E-state index in [-0.39, 0.29) is 48.3 Å². The zero-order valence-corrected chi connectivity index (χ0v) is 28.6. The summed E-state index contributed by atoms with van der Waals surface area (Å²) in [6.07, 6.45) is 8.78. The molecule has 53 heavy (non-hydrogen) atoms. The Morgan fingerprint density at radius 2 is 0.736 bits per heavy atom. The van der Waals surface area contributed by atoms with E-state index in [0.29, 0.717) is 0 Å². The maximum atomic E-state index is 10.6. The molecular weight excluding hydrogens is 848 g/mol. The number of rotatable bonds is 2. The molecule has 0 amide bonds. The van der Waals surface area contributed by atoms with Gasteiger partial charge in [-0.15, -0.1) is 0 Å². The number of aromatic amines is 4. The number of pyridine rings is 4. The fourth-order valence-corrected chi connectivity index (χ4v) is 4.48. The van der Waals surface area contributed by atoms with Crippen LogP contribution in [0.4, 0.5) is 0 Å². The van der Waals surface area contributed by atoms with Gasteiger partial charge in [0, 0.05) is 96.0 Å². The van der Waals surface area contributed by atoms with Crippen molar-refractivity contribution in [2.75, 3.05) is 0 Å². The maximum Gasteiger partial charge on any atom is 0.325 e. The molecule has 0 atom stereocenters. The third kappa shape index (κ3) is 10.8. The molecule has 8 N–H and O–H groups in total. The minimum Gasteiger partial charge on any atom is -0.545 e. The molecule has 0 saturated carbocycles. The number of aromatic nitrogens is 8. The number of H-pyrrole nitrogens is 4. The van der Waals surface area contributed by atoms with Gasteiger partial charge >= 0.3 is 11.4 Å². The number of hydrogen-bond acceptors (Lipinski definition) is 12. The van der Waals surface area contributed by atoms with E-state index in [4.69, 9.17) is 0 Å². The van der Waals surface area contributed by atoms with Gasteiger partial charge < -0.3 is 40.7 Å². The number of carboxylic acid groups (broad SMARTS) is 2. The molecule has 0 bridgehead atoms. The van der Waals surface area contributed by atoms with Crippen molar-refractivity contribution in [1.82, 2.24) is 39.9 Å². The second-order valence-electron chi connectivity index (χ2n) is 9.98. The molecule has 6 heterocycles. The van der Waals surface area contributed by atoms with Crippen molar-refractivity contribution in [2.45, 2.75) is 0 Å². The number of fused-ring (bicyclic) bond motifs is 6. The smallest absolute Gasteiger partial charge is 0.325 e. The van der Waals surface area contributed by atoms with Crippen LogP contribution in [0.25, 0.3) is 43.6 Å². The zero-order valence-electron chi connectivity index (χ0n) is 26.7. The second kappa shape index (κ2) is 19.8. The first-order valence-electron chi connectivity index (χ1n) is 14.4. The van der Waals surface area contributed by atoms with Crippen LogP contribution in [0.3, 0.4) is 0 Å². The molecule has 276 valence electrons. The minimum absolute atomic E-state index is 0. The van der Waals surface area contributed by atoms with Crippen LogP contribution in [0.1, 0.15) is 20.7 Å². The Bertz CT molecular complexity index is 2450. The van der Waals surface area contributed by atoms with Gasteiger partial charge in [0.15, 0.2) is 0 Å². The molecule has 0 aliphatic rings. The van der Waals surface area contributed by atoms with Gasteiger partial charge in [-0.25, -0.2) is 9.59 Å². The summed E-state index contributed by atoms with van der Waals surface area (Å²) in [4.78, 5) is 86.8. The van der Waals surface area contributed by atoms with Crippen LogP contribution in [0.5, 0.6) is 0 Å². The van der Waals surface area contributed by atoms with E-state index >= 15 is 0 Å². The maximum absolute atomic E-state index is 10.6. The average Bonchev–Trinajstić information content (AvgIpc) is 3.12. The number of nitrogens with one attached hydrogen (secondary N) is 4. The molecule has 8 rings (SSSR count). The number of aromatic carboxylic acids is 2. The third-order valence-electron chi connectivity index (χ3n) is 6.77. The number of carbonyl (C=O) groups is 2. The molecule has 18 nitrogen and oxygen atoms in total. The second-order valence-corrected chi connectivity index (χ2v) is 9.98. The summed E-state index contributed by atoms with van der Waals surface area (Å²) in [5.41, 5.74) is -0.705. The van der Waals surface area contributed by atoms with Gasteiger partial charge in [0.25, 0.3) is 11.1 Å². The molecule has 0 fully saturated rings. The van der Waals surface area contributed by atoms with Crippen LogP contribution in [-0.4, -0.2) is 62.8 Å². The van der Waals surface area contributed by atoms with Crippen LogP contribution in [0.15, 0.2) is 129 Å². The normalized spacial score (nSPS) is 9.66. The summed E-state index contributed by atoms with van der Waals surface area (Å²) in [7, 11) is 0. The molecule has 0 saturated heterocycles. The quantitative estimate of drug-likeness (QED) is 0.148. The van der Waals surface area contributed by atoms with E-state index in [2.05, 4.69) is 68.5 Å². The van der Waals surface area contributed by atoms with E-state index < -0.39 is 45.6 Å². The predicted octanol–water partition coefficient (Wildman–Crippen LogP) is -1.23. The van der Waals surface area contributed by atoms with E-state index in [1.165, 1.54) is 0 Å². The van der Waals surface area contributed by atoms with Crippen molar-refractivity contribution < 1.29 is 68.1 Å². The van der Waals surface area contributed by atoms with E-state index in [1.807, 2.05) is 34.2 Å². The van der Waals surface area contributed by atoms with Gasteiger partial charge in [0.2, 0.25) is 0 Å². The molecule has 0 aliphatic heterocycles. The summed E-state index contributed by atoms with van der Waals surface area (Å²) in [6.45, 7) is 0.